The van der Waals surface area contributed by atoms with Gasteiger partial charge < -0.3 is 15.3 Å². The molecule has 0 fully saturated rings. The molecule has 1 rings (SSSR count). The van der Waals surface area contributed by atoms with E-state index in [9.17, 15) is 5.11 Å². The Morgan fingerprint density at radius 3 is 2.53 bits per heavy atom. The van der Waals surface area contributed by atoms with Crippen LogP contribution >= 0.6 is 15.9 Å². The third-order valence-electron chi connectivity index (χ3n) is 2.86. The highest BCUT2D eigenvalue weighted by Gasteiger charge is 2.26. The number of aliphatic hydroxyl groups is 1. The zero-order valence-corrected chi connectivity index (χ0v) is 12.3. The van der Waals surface area contributed by atoms with Crippen LogP contribution in [0.4, 0.5) is 0 Å². The van der Waals surface area contributed by atoms with Crippen LogP contribution in [0.3, 0.4) is 0 Å². The molecule has 17 heavy (non-hydrogen) atoms. The molecule has 0 aliphatic rings. The van der Waals surface area contributed by atoms with Gasteiger partial charge in [-0.15, -0.1) is 0 Å². The van der Waals surface area contributed by atoms with Gasteiger partial charge in [0.05, 0.1) is 12.1 Å². The number of benzene rings is 1. The van der Waals surface area contributed by atoms with Crippen LogP contribution in [0.15, 0.2) is 28.7 Å². The maximum atomic E-state index is 9.63. The average Bonchev–Trinajstić information content (AvgIpc) is 2.29. The largest absolute Gasteiger partial charge is 0.394 e. The highest BCUT2D eigenvalue weighted by Crippen LogP contribution is 2.27. The maximum absolute atomic E-state index is 9.63. The number of likely N-dealkylation sites (N-methyl/N-ethyl adjacent to an activating group) is 1. The van der Waals surface area contributed by atoms with Crippen molar-refractivity contribution in [2.45, 2.75) is 12.5 Å². The van der Waals surface area contributed by atoms with Gasteiger partial charge in [-0.1, -0.05) is 34.1 Å². The van der Waals surface area contributed by atoms with E-state index in [1.165, 1.54) is 0 Å². The SMILES string of the molecule is CN(C)CCNC(C)(CO)c1ccccc1Br. The van der Waals surface area contributed by atoms with Crippen molar-refractivity contribution in [2.75, 3.05) is 33.8 Å². The normalized spacial score (nSPS) is 14.9. The Morgan fingerprint density at radius 1 is 1.35 bits per heavy atom. The van der Waals surface area contributed by atoms with Crippen molar-refractivity contribution in [2.24, 2.45) is 0 Å². The molecule has 0 spiro atoms. The van der Waals surface area contributed by atoms with Crippen molar-refractivity contribution in [1.82, 2.24) is 10.2 Å². The topological polar surface area (TPSA) is 35.5 Å². The fourth-order valence-electron chi connectivity index (χ4n) is 1.70. The Hall–Kier alpha value is -0.420. The molecule has 0 aliphatic heterocycles. The van der Waals surface area contributed by atoms with Crippen LogP contribution in [-0.2, 0) is 5.54 Å². The summed E-state index contributed by atoms with van der Waals surface area (Å²) in [4.78, 5) is 2.12. The second-order valence-electron chi connectivity index (χ2n) is 4.70. The molecule has 96 valence electrons. The number of nitrogens with one attached hydrogen (secondary N) is 1. The predicted molar refractivity (Wildman–Crippen MR) is 75.1 cm³/mol. The number of hydrogen-bond acceptors (Lipinski definition) is 3. The van der Waals surface area contributed by atoms with Crippen molar-refractivity contribution >= 4 is 15.9 Å². The second kappa shape index (κ2) is 6.50. The van der Waals surface area contributed by atoms with Gasteiger partial charge in [0.25, 0.3) is 0 Å². The molecule has 3 nitrogen and oxygen atoms in total. The van der Waals surface area contributed by atoms with Crippen molar-refractivity contribution in [3.05, 3.63) is 34.3 Å². The molecule has 0 radical (unpaired) electrons. The van der Waals surface area contributed by atoms with Gasteiger partial charge in [-0.25, -0.2) is 0 Å². The van der Waals surface area contributed by atoms with E-state index in [4.69, 9.17) is 0 Å². The summed E-state index contributed by atoms with van der Waals surface area (Å²) in [5, 5.41) is 13.0. The fourth-order valence-corrected chi connectivity index (χ4v) is 2.42. The van der Waals surface area contributed by atoms with Crippen molar-refractivity contribution in [3.8, 4) is 0 Å². The summed E-state index contributed by atoms with van der Waals surface area (Å²) in [5.74, 6) is 0. The molecule has 0 saturated carbocycles. The smallest absolute Gasteiger partial charge is 0.0652 e. The highest BCUT2D eigenvalue weighted by atomic mass is 79.9. The van der Waals surface area contributed by atoms with Gasteiger partial charge in [0, 0.05) is 17.6 Å². The Balaban J connectivity index is 2.78. The van der Waals surface area contributed by atoms with Crippen LogP contribution in [0.1, 0.15) is 12.5 Å². The van der Waals surface area contributed by atoms with E-state index in [0.717, 1.165) is 23.1 Å². The van der Waals surface area contributed by atoms with E-state index in [1.807, 2.05) is 45.3 Å². The number of nitrogens with zero attached hydrogens (tertiary/aromatic N) is 1. The first-order chi connectivity index (χ1) is 7.99. The minimum absolute atomic E-state index is 0.0725. The van der Waals surface area contributed by atoms with Gasteiger partial charge in [-0.05, 0) is 32.6 Å². The Morgan fingerprint density at radius 2 is 2.00 bits per heavy atom. The molecular formula is C13H21BrN2O. The van der Waals surface area contributed by atoms with Gasteiger partial charge in [0.2, 0.25) is 0 Å². The van der Waals surface area contributed by atoms with Crippen molar-refractivity contribution in [3.63, 3.8) is 0 Å². The van der Waals surface area contributed by atoms with E-state index in [1.54, 1.807) is 0 Å². The zero-order valence-electron chi connectivity index (χ0n) is 10.7. The zero-order chi connectivity index (χ0) is 12.9. The van der Waals surface area contributed by atoms with Crippen LogP contribution in [0, 0.1) is 0 Å². The summed E-state index contributed by atoms with van der Waals surface area (Å²) in [5.41, 5.74) is 0.678. The summed E-state index contributed by atoms with van der Waals surface area (Å²) < 4.78 is 1.02. The van der Waals surface area contributed by atoms with Crippen LogP contribution in [0.25, 0.3) is 0 Å². The van der Waals surface area contributed by atoms with E-state index in [2.05, 4.69) is 26.1 Å². The Bertz CT molecular complexity index is 357. The summed E-state index contributed by atoms with van der Waals surface area (Å²) in [6.07, 6.45) is 0. The molecule has 0 aromatic heterocycles. The molecule has 1 atom stereocenters. The standard InChI is InChI=1S/C13H21BrN2O/c1-13(10-17,15-8-9-16(2)3)11-6-4-5-7-12(11)14/h4-7,15,17H,8-10H2,1-3H3. The predicted octanol–water partition coefficient (Wildman–Crippen LogP) is 1.81. The third-order valence-corrected chi connectivity index (χ3v) is 3.55. The van der Waals surface area contributed by atoms with E-state index >= 15 is 0 Å². The van der Waals surface area contributed by atoms with Crippen molar-refractivity contribution in [1.29, 1.82) is 0 Å². The van der Waals surface area contributed by atoms with Crippen LogP contribution in [0.5, 0.6) is 0 Å². The number of halogens is 1. The van der Waals surface area contributed by atoms with E-state index < -0.39 is 5.54 Å². The van der Waals surface area contributed by atoms with Crippen LogP contribution < -0.4 is 5.32 Å². The fraction of sp³-hybridized carbons (Fsp3) is 0.538. The Labute approximate surface area is 112 Å². The minimum Gasteiger partial charge on any atom is -0.394 e. The summed E-state index contributed by atoms with van der Waals surface area (Å²) >= 11 is 3.53. The molecule has 0 amide bonds. The quantitative estimate of drug-likeness (QED) is 0.841. The molecule has 4 heteroatoms. The highest BCUT2D eigenvalue weighted by molar-refractivity contribution is 9.10. The average molecular weight is 301 g/mol. The molecule has 1 aromatic carbocycles. The van der Waals surface area contributed by atoms with Gasteiger partial charge in [0.15, 0.2) is 0 Å². The number of rotatable bonds is 6. The monoisotopic (exact) mass is 300 g/mol. The summed E-state index contributed by atoms with van der Waals surface area (Å²) in [7, 11) is 4.08. The molecule has 2 N–H and O–H groups in total. The van der Waals surface area contributed by atoms with Gasteiger partial charge >= 0.3 is 0 Å². The van der Waals surface area contributed by atoms with E-state index in [0.29, 0.717) is 0 Å². The molecular weight excluding hydrogens is 280 g/mol. The first kappa shape index (κ1) is 14.6. The molecule has 0 bridgehead atoms. The molecule has 0 aliphatic carbocycles. The van der Waals surface area contributed by atoms with Gasteiger partial charge in [-0.3, -0.25) is 0 Å². The Kier molecular flexibility index (Phi) is 5.59. The maximum Gasteiger partial charge on any atom is 0.0652 e. The number of aliphatic hydroxyl groups excluding tert-OH is 1. The summed E-state index contributed by atoms with van der Waals surface area (Å²) in [6, 6.07) is 7.99. The third kappa shape index (κ3) is 4.07. The lowest BCUT2D eigenvalue weighted by Crippen LogP contribution is -2.45. The molecule has 1 unspecified atom stereocenters. The lowest BCUT2D eigenvalue weighted by atomic mass is 9.93. The molecule has 0 heterocycles. The van der Waals surface area contributed by atoms with Crippen LogP contribution in [0.2, 0.25) is 0 Å². The molecule has 0 saturated heterocycles. The van der Waals surface area contributed by atoms with E-state index in [-0.39, 0.29) is 6.61 Å². The van der Waals surface area contributed by atoms with Gasteiger partial charge in [0.1, 0.15) is 0 Å². The second-order valence-corrected chi connectivity index (χ2v) is 5.55. The van der Waals surface area contributed by atoms with Gasteiger partial charge in [-0.2, -0.15) is 0 Å². The lowest BCUT2D eigenvalue weighted by molar-refractivity contribution is 0.171. The van der Waals surface area contributed by atoms with Crippen LogP contribution in [-0.4, -0.2) is 43.8 Å². The first-order valence-electron chi connectivity index (χ1n) is 5.75. The summed E-state index contributed by atoms with van der Waals surface area (Å²) in [6.45, 7) is 3.87. The molecule has 1 aromatic rings. The first-order valence-corrected chi connectivity index (χ1v) is 6.54. The van der Waals surface area contributed by atoms with Crippen molar-refractivity contribution < 1.29 is 5.11 Å². The lowest BCUT2D eigenvalue weighted by Gasteiger charge is -2.31. The number of hydrogen-bond donors (Lipinski definition) is 2. The minimum atomic E-state index is -0.407.